The minimum absolute atomic E-state index is 0.0270. The molecule has 6 bridgehead atoms. The van der Waals surface area contributed by atoms with Gasteiger partial charge in [-0.05, 0) is 121 Å². The summed E-state index contributed by atoms with van der Waals surface area (Å²) < 4.78 is 14.7. The third-order valence-electron chi connectivity index (χ3n) is 18.8. The summed E-state index contributed by atoms with van der Waals surface area (Å²) in [6, 6.07) is 7.20. The van der Waals surface area contributed by atoms with E-state index in [9.17, 15) is 9.59 Å². The molecule has 2 unspecified atom stereocenters. The predicted octanol–water partition coefficient (Wildman–Crippen LogP) is 6.19. The van der Waals surface area contributed by atoms with Crippen molar-refractivity contribution in [1.29, 1.82) is 0 Å². The molecule has 2 saturated carbocycles. The second kappa shape index (κ2) is 21.2. The van der Waals surface area contributed by atoms with E-state index in [2.05, 4.69) is 105 Å². The summed E-state index contributed by atoms with van der Waals surface area (Å²) in [6.45, 7) is 16.7. The highest BCUT2D eigenvalue weighted by Crippen LogP contribution is 2.46. The van der Waals surface area contributed by atoms with E-state index in [1.54, 1.807) is 12.1 Å². The van der Waals surface area contributed by atoms with Crippen molar-refractivity contribution >= 4 is 51.6 Å². The molecule has 12 rings (SSSR count). The maximum atomic E-state index is 15.2. The Balaban J connectivity index is 0.873. The number of likely N-dealkylation sites (tertiary alicyclic amines) is 2. The van der Waals surface area contributed by atoms with E-state index in [4.69, 9.17) is 19.4 Å². The minimum atomic E-state index is -0.929. The second-order valence-electron chi connectivity index (χ2n) is 25.0. The molecule has 3 amide bonds. The van der Waals surface area contributed by atoms with Crippen LogP contribution in [-0.2, 0) is 48.0 Å². The Labute approximate surface area is 458 Å². The largest absolute Gasteiger partial charge is 0.464 e. The van der Waals surface area contributed by atoms with E-state index >= 15 is 9.59 Å². The zero-order valence-electron chi connectivity index (χ0n) is 46.3. The number of esters is 1. The van der Waals surface area contributed by atoms with Gasteiger partial charge in [0.05, 0.1) is 52.7 Å². The first-order valence-electron chi connectivity index (χ1n) is 29.1. The summed E-state index contributed by atoms with van der Waals surface area (Å²) in [5.74, 6) is 0.283. The van der Waals surface area contributed by atoms with Crippen molar-refractivity contribution in [3.05, 3.63) is 52.1 Å². The Bertz CT molecular complexity index is 2890. The van der Waals surface area contributed by atoms with Crippen LogP contribution in [0.25, 0.3) is 33.4 Å². The molecule has 4 aromatic rings. The summed E-state index contributed by atoms with van der Waals surface area (Å²) in [5.41, 5.74) is 10.8. The number of nitrogens with one attached hydrogen (secondary N) is 3. The lowest BCUT2D eigenvalue weighted by Gasteiger charge is -2.37. The van der Waals surface area contributed by atoms with E-state index in [0.717, 1.165) is 146 Å². The van der Waals surface area contributed by atoms with Gasteiger partial charge in [0, 0.05) is 117 Å². The molecule has 77 heavy (non-hydrogen) atoms. The topological polar surface area (TPSA) is 180 Å². The zero-order chi connectivity index (χ0) is 53.3. The number of rotatable bonds is 11. The third kappa shape index (κ3) is 10.6. The molecule has 9 heterocycles. The smallest absolute Gasteiger partial charge is 0.324 e. The van der Waals surface area contributed by atoms with Crippen LogP contribution in [0.3, 0.4) is 0 Å². The number of benzene rings is 1. The Hall–Kier alpha value is -4.98. The number of thiazole rings is 1. The number of anilines is 1. The molecule has 6 aliphatic heterocycles. The molecule has 3 N–H and O–H groups in total. The van der Waals surface area contributed by atoms with Crippen LogP contribution in [0.15, 0.2) is 35.8 Å². The fourth-order valence-corrected chi connectivity index (χ4v) is 15.0. The molecule has 1 aromatic carbocycles. The SMILES string of the molecule is CCn1c(-c2cc(N3CCN(C)CC3)cnc2[C@H](C)OC)c2c3cc(ccc31)-c1csc(n1)C[C@H](NC(=O)C(C1CCCC1)N1CC[C@]3(CCN(C(=O)[C@@H]4NC4C4CC4)C3)C1)C(=O)N1CCC[C@H](N1)C(=O)OCC(C)(C)C2. The van der Waals surface area contributed by atoms with Crippen LogP contribution >= 0.6 is 11.3 Å². The number of hydrogen-bond donors (Lipinski definition) is 3. The van der Waals surface area contributed by atoms with E-state index in [1.807, 2.05) is 6.20 Å². The number of ether oxygens (including phenoxy) is 2. The molecule has 1 spiro atoms. The number of methoxy groups -OCH3 is 1. The Morgan fingerprint density at radius 3 is 2.53 bits per heavy atom. The van der Waals surface area contributed by atoms with Crippen LogP contribution in [-0.4, -0.2) is 168 Å². The van der Waals surface area contributed by atoms with Gasteiger partial charge < -0.3 is 34.1 Å². The molecule has 414 valence electrons. The van der Waals surface area contributed by atoms with E-state index in [1.165, 1.54) is 24.2 Å². The average Bonchev–Trinajstić information content (AvgIpc) is 4.22. The number of cyclic esters (lactones) is 1. The maximum Gasteiger partial charge on any atom is 0.324 e. The molecule has 17 nitrogen and oxygen atoms in total. The number of likely N-dealkylation sites (N-methyl/N-ethyl adjacent to an activating group) is 1. The molecule has 0 radical (unpaired) electrons. The highest BCUT2D eigenvalue weighted by molar-refractivity contribution is 7.10. The summed E-state index contributed by atoms with van der Waals surface area (Å²) in [5, 5.41) is 12.3. The van der Waals surface area contributed by atoms with Crippen LogP contribution in [0.2, 0.25) is 0 Å². The number of aromatic nitrogens is 3. The Morgan fingerprint density at radius 1 is 0.974 bits per heavy atom. The minimum Gasteiger partial charge on any atom is -0.464 e. The number of hydrazine groups is 1. The number of nitrogens with zero attached hydrogens (tertiary/aromatic N) is 8. The van der Waals surface area contributed by atoms with Crippen LogP contribution in [0.1, 0.15) is 114 Å². The van der Waals surface area contributed by atoms with Crippen LogP contribution < -0.4 is 21.0 Å². The van der Waals surface area contributed by atoms with Gasteiger partial charge in [-0.15, -0.1) is 11.3 Å². The van der Waals surface area contributed by atoms with Gasteiger partial charge in [-0.3, -0.25) is 39.4 Å². The van der Waals surface area contributed by atoms with Crippen molar-refractivity contribution in [3.63, 3.8) is 0 Å². The van der Waals surface area contributed by atoms with Gasteiger partial charge in [0.1, 0.15) is 18.1 Å². The lowest BCUT2D eigenvalue weighted by Crippen LogP contribution is -2.62. The quantitative estimate of drug-likeness (QED) is 0.115. The normalized spacial score (nSPS) is 28.3. The number of aryl methyl sites for hydroxylation is 1. The van der Waals surface area contributed by atoms with E-state index < -0.39 is 23.5 Å². The van der Waals surface area contributed by atoms with Gasteiger partial charge >= 0.3 is 5.97 Å². The van der Waals surface area contributed by atoms with E-state index in [-0.39, 0.29) is 60.3 Å². The number of amides is 3. The summed E-state index contributed by atoms with van der Waals surface area (Å²) in [7, 11) is 3.91. The highest BCUT2D eigenvalue weighted by Gasteiger charge is 2.55. The molecule has 5 saturated heterocycles. The predicted molar refractivity (Wildman–Crippen MR) is 298 cm³/mol. The van der Waals surface area contributed by atoms with Crippen molar-refractivity contribution in [2.24, 2.45) is 22.7 Å². The third-order valence-corrected chi connectivity index (χ3v) is 19.7. The fourth-order valence-electron chi connectivity index (χ4n) is 14.1. The molecule has 7 fully saturated rings. The van der Waals surface area contributed by atoms with Crippen LogP contribution in [0, 0.1) is 22.7 Å². The first-order chi connectivity index (χ1) is 37.2. The number of fused-ring (bicyclic) bond motifs is 6. The number of piperazine rings is 1. The summed E-state index contributed by atoms with van der Waals surface area (Å²) in [6.07, 6.45) is 12.1. The van der Waals surface area contributed by atoms with Crippen molar-refractivity contribution in [3.8, 4) is 22.5 Å². The van der Waals surface area contributed by atoms with Crippen LogP contribution in [0.5, 0.6) is 0 Å². The lowest BCUT2D eigenvalue weighted by molar-refractivity contribution is -0.155. The monoisotopic (exact) mass is 1070 g/mol. The van der Waals surface area contributed by atoms with Crippen LogP contribution in [0.4, 0.5) is 5.69 Å². The lowest BCUT2D eigenvalue weighted by atomic mass is 9.84. The van der Waals surface area contributed by atoms with Gasteiger partial charge in [-0.1, -0.05) is 32.8 Å². The van der Waals surface area contributed by atoms with Gasteiger partial charge in [-0.2, -0.15) is 0 Å². The molecule has 18 heteroatoms. The molecule has 7 atom stereocenters. The number of carbonyl (C=O) groups excluding carboxylic acids is 4. The van der Waals surface area contributed by atoms with Gasteiger partial charge in [0.2, 0.25) is 11.8 Å². The molecular formula is C59H81N11O6S. The number of pyridine rings is 1. The van der Waals surface area contributed by atoms with Gasteiger partial charge in [0.25, 0.3) is 5.91 Å². The fraction of sp³-hybridized carbons (Fsp3) is 0.661. The summed E-state index contributed by atoms with van der Waals surface area (Å²) in [4.78, 5) is 77.8. The average molecular weight is 1070 g/mol. The zero-order valence-corrected chi connectivity index (χ0v) is 47.1. The van der Waals surface area contributed by atoms with Crippen molar-refractivity contribution in [1.82, 2.24) is 50.3 Å². The van der Waals surface area contributed by atoms with Crippen molar-refractivity contribution in [2.45, 2.75) is 148 Å². The number of carbonyl (C=O) groups is 4. The second-order valence-corrected chi connectivity index (χ2v) is 25.9. The molecule has 8 aliphatic rings. The maximum absolute atomic E-state index is 15.2. The van der Waals surface area contributed by atoms with Crippen molar-refractivity contribution < 1.29 is 28.7 Å². The van der Waals surface area contributed by atoms with E-state index in [0.29, 0.717) is 44.3 Å². The molecule has 3 aromatic heterocycles. The van der Waals surface area contributed by atoms with Gasteiger partial charge in [0.15, 0.2) is 0 Å². The molecule has 2 aliphatic carbocycles. The Morgan fingerprint density at radius 2 is 1.77 bits per heavy atom. The summed E-state index contributed by atoms with van der Waals surface area (Å²) >= 11 is 1.51. The number of hydrogen-bond acceptors (Lipinski definition) is 14. The van der Waals surface area contributed by atoms with Gasteiger partial charge in [-0.25, -0.2) is 10.4 Å². The first-order valence-corrected chi connectivity index (χ1v) is 30.0. The Kier molecular flexibility index (Phi) is 14.5. The highest BCUT2D eigenvalue weighted by atomic mass is 32.1. The van der Waals surface area contributed by atoms with Crippen molar-refractivity contribution in [2.75, 3.05) is 84.6 Å². The standard InChI is InChI=1S/C59H81N11O6S/c1-7-69-47-17-16-39-27-41(47)43(53(69)42-28-40(31-60-49(42)36(2)75-6)66-25-23-65(5)24-26-66)30-58(3,4)35-76-57(74)44-13-10-20-70(64-44)55(72)45(29-48-61-46(39)32-77-48)62-54(71)52(38-11-8-9-12-38)67-21-18-59(33-67)19-22-68(34-59)56(73)51-50(63-51)37-14-15-37/h16-17,27-28,31-32,36-38,44-45,50-52,63-64H,7-15,18-26,29-30,33-35H2,1-6H3,(H,62,71)/t36-,44-,45-,50?,51+,52?,59-/m0/s1. The first kappa shape index (κ1) is 52.7. The molecular weight excluding hydrogens is 991 g/mol.